The lowest BCUT2D eigenvalue weighted by molar-refractivity contribution is -0.136. The van der Waals surface area contributed by atoms with Crippen LogP contribution in [0.4, 0.5) is 5.69 Å². The van der Waals surface area contributed by atoms with Crippen molar-refractivity contribution in [2.45, 2.75) is 6.92 Å². The molecule has 4 aromatic rings. The van der Waals surface area contributed by atoms with E-state index in [1.807, 2.05) is 49.4 Å². The third-order valence-electron chi connectivity index (χ3n) is 5.33. The molecule has 0 radical (unpaired) electrons. The predicted molar refractivity (Wildman–Crippen MR) is 137 cm³/mol. The van der Waals surface area contributed by atoms with Gasteiger partial charge in [-0.3, -0.25) is 9.59 Å². The summed E-state index contributed by atoms with van der Waals surface area (Å²) in [5.74, 6) is -1.49. The molecule has 8 heteroatoms. The number of hydrazone groups is 1. The van der Waals surface area contributed by atoms with Crippen LogP contribution in [0, 0.1) is 6.92 Å². The highest BCUT2D eigenvalue weighted by atomic mass is 16.5. The highest BCUT2D eigenvalue weighted by Gasteiger charge is 2.15. The van der Waals surface area contributed by atoms with Gasteiger partial charge in [0, 0.05) is 11.3 Å². The highest BCUT2D eigenvalue weighted by molar-refractivity contribution is 6.39. The van der Waals surface area contributed by atoms with Crippen LogP contribution >= 0.6 is 0 Å². The smallest absolute Gasteiger partial charge is 0.343 e. The maximum Gasteiger partial charge on any atom is 0.343 e. The maximum absolute atomic E-state index is 12.7. The molecule has 0 bridgehead atoms. The van der Waals surface area contributed by atoms with Crippen LogP contribution in [0.1, 0.15) is 21.5 Å². The summed E-state index contributed by atoms with van der Waals surface area (Å²) < 4.78 is 10.7. The van der Waals surface area contributed by atoms with Crippen LogP contribution in [0.3, 0.4) is 0 Å². The molecule has 0 aliphatic carbocycles. The standard InChI is InChI=1S/C28H23N3O5/c1-18-7-9-20(10-8-18)28(34)36-25-16-11-19-5-3-4-6-23(19)24(25)17-29-31-27(33)26(32)30-21-12-14-22(35-2)15-13-21/h3-17H,1-2H3,(H,30,32)(H,31,33). The van der Waals surface area contributed by atoms with Gasteiger partial charge in [-0.1, -0.05) is 48.0 Å². The third-order valence-corrected chi connectivity index (χ3v) is 5.33. The van der Waals surface area contributed by atoms with E-state index in [2.05, 4.69) is 15.8 Å². The van der Waals surface area contributed by atoms with Crippen molar-refractivity contribution < 1.29 is 23.9 Å². The summed E-state index contributed by atoms with van der Waals surface area (Å²) in [5.41, 5.74) is 4.54. The van der Waals surface area contributed by atoms with Crippen molar-refractivity contribution in [1.82, 2.24) is 5.43 Å². The summed E-state index contributed by atoms with van der Waals surface area (Å²) >= 11 is 0. The normalized spacial score (nSPS) is 10.7. The highest BCUT2D eigenvalue weighted by Crippen LogP contribution is 2.27. The number of anilines is 1. The summed E-state index contributed by atoms with van der Waals surface area (Å²) in [4.78, 5) is 37.2. The van der Waals surface area contributed by atoms with E-state index >= 15 is 0 Å². The Bertz CT molecular complexity index is 1440. The Hall–Kier alpha value is -4.98. The second kappa shape index (κ2) is 11.0. The van der Waals surface area contributed by atoms with Crippen LogP contribution in [-0.2, 0) is 9.59 Å². The molecule has 2 N–H and O–H groups in total. The van der Waals surface area contributed by atoms with Crippen LogP contribution in [0.15, 0.2) is 90.0 Å². The minimum Gasteiger partial charge on any atom is -0.497 e. The Balaban J connectivity index is 1.51. The molecule has 0 fully saturated rings. The summed E-state index contributed by atoms with van der Waals surface area (Å²) in [6, 6.07) is 24.5. The van der Waals surface area contributed by atoms with Gasteiger partial charge in [-0.2, -0.15) is 5.10 Å². The fourth-order valence-corrected chi connectivity index (χ4v) is 3.41. The van der Waals surface area contributed by atoms with Crippen LogP contribution in [0.2, 0.25) is 0 Å². The topological polar surface area (TPSA) is 106 Å². The molecule has 0 aromatic heterocycles. The van der Waals surface area contributed by atoms with Gasteiger partial charge in [0.15, 0.2) is 0 Å². The minimum absolute atomic E-state index is 0.264. The van der Waals surface area contributed by atoms with Crippen molar-refractivity contribution in [1.29, 1.82) is 0 Å². The van der Waals surface area contributed by atoms with Crippen LogP contribution in [0.5, 0.6) is 11.5 Å². The molecule has 0 aliphatic heterocycles. The first kappa shape index (κ1) is 24.2. The Morgan fingerprint density at radius 1 is 0.833 bits per heavy atom. The molecule has 0 unspecified atom stereocenters. The number of esters is 1. The third kappa shape index (κ3) is 5.74. The molecular formula is C28H23N3O5. The van der Waals surface area contributed by atoms with Gasteiger partial charge < -0.3 is 14.8 Å². The van der Waals surface area contributed by atoms with E-state index in [0.29, 0.717) is 22.6 Å². The van der Waals surface area contributed by atoms with Crippen molar-refractivity contribution in [2.75, 3.05) is 12.4 Å². The number of hydrogen-bond acceptors (Lipinski definition) is 6. The number of carbonyl (C=O) groups excluding carboxylic acids is 3. The van der Waals surface area contributed by atoms with Crippen molar-refractivity contribution in [3.63, 3.8) is 0 Å². The van der Waals surface area contributed by atoms with E-state index in [-0.39, 0.29) is 5.75 Å². The first-order chi connectivity index (χ1) is 17.4. The Morgan fingerprint density at radius 3 is 2.28 bits per heavy atom. The number of fused-ring (bicyclic) bond motifs is 1. The Kier molecular flexibility index (Phi) is 7.36. The molecule has 4 rings (SSSR count). The predicted octanol–water partition coefficient (Wildman–Crippen LogP) is 4.46. The van der Waals surface area contributed by atoms with Gasteiger partial charge in [-0.15, -0.1) is 0 Å². The van der Waals surface area contributed by atoms with Gasteiger partial charge in [0.2, 0.25) is 0 Å². The lowest BCUT2D eigenvalue weighted by Crippen LogP contribution is -2.32. The molecule has 0 atom stereocenters. The lowest BCUT2D eigenvalue weighted by Gasteiger charge is -2.11. The number of aryl methyl sites for hydroxylation is 1. The number of nitrogens with zero attached hydrogens (tertiary/aromatic N) is 1. The zero-order chi connectivity index (χ0) is 25.5. The fraction of sp³-hybridized carbons (Fsp3) is 0.0714. The van der Waals surface area contributed by atoms with E-state index in [4.69, 9.17) is 9.47 Å². The zero-order valence-corrected chi connectivity index (χ0v) is 19.6. The molecule has 0 heterocycles. The first-order valence-corrected chi connectivity index (χ1v) is 11.0. The van der Waals surface area contributed by atoms with E-state index in [1.165, 1.54) is 13.3 Å². The molecule has 0 aliphatic rings. The van der Waals surface area contributed by atoms with Crippen LogP contribution in [-0.4, -0.2) is 31.1 Å². The molecule has 0 saturated carbocycles. The second-order valence-corrected chi connectivity index (χ2v) is 7.84. The Morgan fingerprint density at radius 2 is 1.56 bits per heavy atom. The molecular weight excluding hydrogens is 458 g/mol. The zero-order valence-electron chi connectivity index (χ0n) is 19.6. The molecule has 2 amide bonds. The van der Waals surface area contributed by atoms with Crippen molar-refractivity contribution in [3.05, 3.63) is 102 Å². The number of nitrogens with one attached hydrogen (secondary N) is 2. The van der Waals surface area contributed by atoms with Gasteiger partial charge in [-0.25, -0.2) is 10.2 Å². The molecule has 8 nitrogen and oxygen atoms in total. The summed E-state index contributed by atoms with van der Waals surface area (Å²) in [6.45, 7) is 1.93. The molecule has 0 spiro atoms. The fourth-order valence-electron chi connectivity index (χ4n) is 3.41. The van der Waals surface area contributed by atoms with E-state index in [1.54, 1.807) is 42.5 Å². The average Bonchev–Trinajstić information content (AvgIpc) is 2.90. The first-order valence-electron chi connectivity index (χ1n) is 11.0. The number of amides is 2. The van der Waals surface area contributed by atoms with E-state index in [9.17, 15) is 14.4 Å². The van der Waals surface area contributed by atoms with Crippen LogP contribution < -0.4 is 20.2 Å². The average molecular weight is 482 g/mol. The maximum atomic E-state index is 12.7. The van der Waals surface area contributed by atoms with Gasteiger partial charge in [0.25, 0.3) is 0 Å². The van der Waals surface area contributed by atoms with E-state index < -0.39 is 17.8 Å². The summed E-state index contributed by atoms with van der Waals surface area (Å²) in [5, 5.41) is 8.06. The number of carbonyl (C=O) groups is 3. The monoisotopic (exact) mass is 481 g/mol. The molecule has 36 heavy (non-hydrogen) atoms. The molecule has 180 valence electrons. The molecule has 4 aromatic carbocycles. The van der Waals surface area contributed by atoms with Crippen molar-refractivity contribution in [2.24, 2.45) is 5.10 Å². The van der Waals surface area contributed by atoms with Gasteiger partial charge in [0.1, 0.15) is 11.5 Å². The number of rotatable bonds is 6. The lowest BCUT2D eigenvalue weighted by atomic mass is 10.0. The van der Waals surface area contributed by atoms with Crippen LogP contribution in [0.25, 0.3) is 10.8 Å². The second-order valence-electron chi connectivity index (χ2n) is 7.84. The van der Waals surface area contributed by atoms with Crippen molar-refractivity contribution >= 4 is 40.5 Å². The van der Waals surface area contributed by atoms with Gasteiger partial charge in [-0.05, 0) is 60.2 Å². The van der Waals surface area contributed by atoms with Gasteiger partial charge in [0.05, 0.1) is 18.9 Å². The number of hydrogen-bond donors (Lipinski definition) is 2. The van der Waals surface area contributed by atoms with Crippen molar-refractivity contribution in [3.8, 4) is 11.5 Å². The largest absolute Gasteiger partial charge is 0.497 e. The summed E-state index contributed by atoms with van der Waals surface area (Å²) in [6.07, 6.45) is 1.35. The van der Waals surface area contributed by atoms with Gasteiger partial charge >= 0.3 is 17.8 Å². The number of methoxy groups -OCH3 is 1. The quantitative estimate of drug-likeness (QED) is 0.139. The molecule has 0 saturated heterocycles. The van der Waals surface area contributed by atoms with E-state index in [0.717, 1.165) is 16.3 Å². The number of benzene rings is 4. The number of ether oxygens (including phenoxy) is 2. The Labute approximate surface area is 207 Å². The SMILES string of the molecule is COc1ccc(NC(=O)C(=O)NN=Cc2c(OC(=O)c3ccc(C)cc3)ccc3ccccc23)cc1. The minimum atomic E-state index is -0.958. The summed E-state index contributed by atoms with van der Waals surface area (Å²) in [7, 11) is 1.53.